The lowest BCUT2D eigenvalue weighted by Crippen LogP contribution is -2.31. The van der Waals surface area contributed by atoms with Crippen LogP contribution in [-0.4, -0.2) is 27.4 Å². The van der Waals surface area contributed by atoms with Crippen LogP contribution >= 0.6 is 0 Å². The van der Waals surface area contributed by atoms with Crippen molar-refractivity contribution in [3.05, 3.63) is 59.2 Å². The van der Waals surface area contributed by atoms with Crippen molar-refractivity contribution in [1.82, 2.24) is 5.32 Å². The molecule has 1 amide bonds. The van der Waals surface area contributed by atoms with Crippen LogP contribution in [0.15, 0.2) is 47.4 Å². The van der Waals surface area contributed by atoms with Crippen LogP contribution in [0.4, 0.5) is 5.69 Å². The molecule has 0 aliphatic heterocycles. The molecule has 1 unspecified atom stereocenters. The molecule has 140 valence electrons. The third kappa shape index (κ3) is 4.83. The van der Waals surface area contributed by atoms with Crippen LogP contribution < -0.4 is 15.8 Å². The SMILES string of the molecule is Cc1ccccc1NS(=O)(=O)c1ccc(C)c(C(=O)NCC(C)CN)c1. The molecule has 7 heteroatoms. The second kappa shape index (κ2) is 8.33. The Bertz CT molecular complexity index is 895. The van der Waals surface area contributed by atoms with Gasteiger partial charge in [-0.2, -0.15) is 0 Å². The summed E-state index contributed by atoms with van der Waals surface area (Å²) in [4.78, 5) is 12.5. The van der Waals surface area contributed by atoms with Crippen LogP contribution in [0.2, 0.25) is 0 Å². The van der Waals surface area contributed by atoms with Crippen LogP contribution in [0.25, 0.3) is 0 Å². The minimum absolute atomic E-state index is 0.0448. The van der Waals surface area contributed by atoms with E-state index in [0.717, 1.165) is 5.56 Å². The fourth-order valence-electron chi connectivity index (χ4n) is 2.35. The highest BCUT2D eigenvalue weighted by Gasteiger charge is 2.19. The molecule has 0 fully saturated rings. The van der Waals surface area contributed by atoms with Crippen molar-refractivity contribution in [3.8, 4) is 0 Å². The summed E-state index contributed by atoms with van der Waals surface area (Å²) in [5.41, 5.74) is 7.92. The van der Waals surface area contributed by atoms with E-state index in [1.54, 1.807) is 25.1 Å². The number of para-hydroxylation sites is 1. The van der Waals surface area contributed by atoms with Crippen molar-refractivity contribution in [3.63, 3.8) is 0 Å². The maximum atomic E-state index is 12.7. The quantitative estimate of drug-likeness (QED) is 0.692. The smallest absolute Gasteiger partial charge is 0.261 e. The molecule has 0 bridgehead atoms. The zero-order valence-corrected chi connectivity index (χ0v) is 16.1. The maximum Gasteiger partial charge on any atom is 0.261 e. The Kier molecular flexibility index (Phi) is 6.39. The van der Waals surface area contributed by atoms with Gasteiger partial charge in [0.15, 0.2) is 0 Å². The van der Waals surface area contributed by atoms with Gasteiger partial charge in [-0.1, -0.05) is 31.2 Å². The lowest BCUT2D eigenvalue weighted by molar-refractivity contribution is 0.0947. The van der Waals surface area contributed by atoms with Gasteiger partial charge in [0.1, 0.15) is 0 Å². The number of carbonyl (C=O) groups is 1. The average Bonchev–Trinajstić information content (AvgIpc) is 2.61. The molecule has 1 atom stereocenters. The van der Waals surface area contributed by atoms with E-state index in [2.05, 4.69) is 10.0 Å². The highest BCUT2D eigenvalue weighted by Crippen LogP contribution is 2.21. The fourth-order valence-corrected chi connectivity index (χ4v) is 3.51. The molecule has 0 aliphatic carbocycles. The van der Waals surface area contributed by atoms with E-state index < -0.39 is 10.0 Å². The standard InChI is InChI=1S/C19H25N3O3S/c1-13(11-20)12-21-19(23)17-10-16(9-8-14(17)2)26(24,25)22-18-7-5-4-6-15(18)3/h4-10,13,22H,11-12,20H2,1-3H3,(H,21,23). The minimum Gasteiger partial charge on any atom is -0.352 e. The van der Waals surface area contributed by atoms with Crippen LogP contribution in [0.5, 0.6) is 0 Å². The van der Waals surface area contributed by atoms with Gasteiger partial charge in [-0.25, -0.2) is 8.42 Å². The Balaban J connectivity index is 2.27. The molecule has 6 nitrogen and oxygen atoms in total. The maximum absolute atomic E-state index is 12.7. The Hall–Kier alpha value is -2.38. The molecule has 2 aromatic rings. The summed E-state index contributed by atoms with van der Waals surface area (Å²) < 4.78 is 28.0. The first-order chi connectivity index (χ1) is 12.2. The van der Waals surface area contributed by atoms with E-state index in [1.165, 1.54) is 12.1 Å². The van der Waals surface area contributed by atoms with Gasteiger partial charge in [0.25, 0.3) is 15.9 Å². The molecular formula is C19H25N3O3S. The Labute approximate surface area is 154 Å². The molecule has 0 spiro atoms. The Morgan fingerprint density at radius 1 is 1.12 bits per heavy atom. The largest absolute Gasteiger partial charge is 0.352 e. The normalized spacial score (nSPS) is 12.5. The van der Waals surface area contributed by atoms with E-state index in [-0.39, 0.29) is 16.7 Å². The Morgan fingerprint density at radius 3 is 2.46 bits per heavy atom. The first kappa shape index (κ1) is 19.9. The molecule has 0 saturated heterocycles. The first-order valence-corrected chi connectivity index (χ1v) is 9.90. The van der Waals surface area contributed by atoms with Crippen LogP contribution in [0.1, 0.15) is 28.4 Å². The van der Waals surface area contributed by atoms with Crippen molar-refractivity contribution >= 4 is 21.6 Å². The summed E-state index contributed by atoms with van der Waals surface area (Å²) in [7, 11) is -3.79. The monoisotopic (exact) mass is 375 g/mol. The second-order valence-electron chi connectivity index (χ2n) is 6.45. The van der Waals surface area contributed by atoms with Gasteiger partial charge < -0.3 is 11.1 Å². The van der Waals surface area contributed by atoms with Crippen molar-refractivity contribution < 1.29 is 13.2 Å². The van der Waals surface area contributed by atoms with E-state index in [9.17, 15) is 13.2 Å². The molecule has 4 N–H and O–H groups in total. The summed E-state index contributed by atoms with van der Waals surface area (Å²) in [5, 5.41) is 2.79. The molecule has 2 aromatic carbocycles. The summed E-state index contributed by atoms with van der Waals surface area (Å²) in [5.74, 6) is -0.162. The average molecular weight is 375 g/mol. The highest BCUT2D eigenvalue weighted by molar-refractivity contribution is 7.92. The summed E-state index contributed by atoms with van der Waals surface area (Å²) in [6, 6.07) is 11.6. The number of benzene rings is 2. The molecular weight excluding hydrogens is 350 g/mol. The molecule has 0 heterocycles. The van der Waals surface area contributed by atoms with Crippen molar-refractivity contribution in [1.29, 1.82) is 0 Å². The number of amides is 1. The number of sulfonamides is 1. The number of anilines is 1. The number of carbonyl (C=O) groups excluding carboxylic acids is 1. The number of nitrogens with two attached hydrogens (primary N) is 1. The van der Waals surface area contributed by atoms with Crippen molar-refractivity contribution in [2.45, 2.75) is 25.7 Å². The van der Waals surface area contributed by atoms with Gasteiger partial charge in [0, 0.05) is 12.1 Å². The predicted octanol–water partition coefficient (Wildman–Crippen LogP) is 2.43. The van der Waals surface area contributed by atoms with E-state index in [1.807, 2.05) is 26.0 Å². The van der Waals surface area contributed by atoms with Gasteiger partial charge in [-0.05, 0) is 55.6 Å². The van der Waals surface area contributed by atoms with Crippen molar-refractivity contribution in [2.24, 2.45) is 11.7 Å². The number of hydrogen-bond acceptors (Lipinski definition) is 4. The van der Waals surface area contributed by atoms with Gasteiger partial charge >= 0.3 is 0 Å². The second-order valence-corrected chi connectivity index (χ2v) is 8.13. The highest BCUT2D eigenvalue weighted by atomic mass is 32.2. The van der Waals surface area contributed by atoms with Crippen LogP contribution in [0, 0.1) is 19.8 Å². The molecule has 0 aromatic heterocycles. The number of aryl methyl sites for hydroxylation is 2. The first-order valence-electron chi connectivity index (χ1n) is 8.42. The lowest BCUT2D eigenvalue weighted by atomic mass is 10.1. The molecule has 2 rings (SSSR count). The number of nitrogens with one attached hydrogen (secondary N) is 2. The third-order valence-electron chi connectivity index (χ3n) is 4.17. The molecule has 0 aliphatic rings. The van der Waals surface area contributed by atoms with E-state index >= 15 is 0 Å². The van der Waals surface area contributed by atoms with Gasteiger partial charge in [0.05, 0.1) is 10.6 Å². The third-order valence-corrected chi connectivity index (χ3v) is 5.53. The summed E-state index contributed by atoms with van der Waals surface area (Å²) >= 11 is 0. The fraction of sp³-hybridized carbons (Fsp3) is 0.316. The zero-order valence-electron chi connectivity index (χ0n) is 15.2. The van der Waals surface area contributed by atoms with Gasteiger partial charge in [0.2, 0.25) is 0 Å². The summed E-state index contributed by atoms with van der Waals surface area (Å²) in [6.07, 6.45) is 0. The zero-order chi connectivity index (χ0) is 19.3. The molecule has 0 saturated carbocycles. The predicted molar refractivity (Wildman–Crippen MR) is 104 cm³/mol. The van der Waals surface area contributed by atoms with Gasteiger partial charge in [-0.3, -0.25) is 9.52 Å². The van der Waals surface area contributed by atoms with Gasteiger partial charge in [-0.15, -0.1) is 0 Å². The number of rotatable bonds is 7. The summed E-state index contributed by atoms with van der Waals surface area (Å²) in [6.45, 7) is 6.43. The topological polar surface area (TPSA) is 101 Å². The van der Waals surface area contributed by atoms with E-state index in [0.29, 0.717) is 29.9 Å². The van der Waals surface area contributed by atoms with Crippen LogP contribution in [0.3, 0.4) is 0 Å². The minimum atomic E-state index is -3.79. The van der Waals surface area contributed by atoms with Crippen LogP contribution in [-0.2, 0) is 10.0 Å². The molecule has 0 radical (unpaired) electrons. The number of hydrogen-bond donors (Lipinski definition) is 3. The van der Waals surface area contributed by atoms with E-state index in [4.69, 9.17) is 5.73 Å². The molecule has 26 heavy (non-hydrogen) atoms. The van der Waals surface area contributed by atoms with Crippen molar-refractivity contribution in [2.75, 3.05) is 17.8 Å². The Morgan fingerprint density at radius 2 is 1.81 bits per heavy atom. The lowest BCUT2D eigenvalue weighted by Gasteiger charge is -2.14.